The number of hydrogen-bond acceptors (Lipinski definition) is 37. The molecule has 642 valence electrons. The summed E-state index contributed by atoms with van der Waals surface area (Å²) in [6, 6.07) is 20.1. The van der Waals surface area contributed by atoms with E-state index in [1.54, 1.807) is 88.4 Å². The third-order valence-corrected chi connectivity index (χ3v) is 24.3. The lowest BCUT2D eigenvalue weighted by molar-refractivity contribution is -0.185. The molecule has 122 heavy (non-hydrogen) atoms. The number of rotatable bonds is 34. The summed E-state index contributed by atoms with van der Waals surface area (Å²) in [6.07, 6.45) is -20.7. The quantitative estimate of drug-likeness (QED) is 0.0204. The predicted octanol–water partition coefficient (Wildman–Crippen LogP) is 4.46. The molecule has 16 rings (SSSR count). The summed E-state index contributed by atoms with van der Waals surface area (Å²) < 4.78 is 172. The van der Waals surface area contributed by atoms with Crippen molar-refractivity contribution in [2.75, 3.05) is 74.1 Å². The number of amides is 4. The molecule has 4 amide bonds. The second kappa shape index (κ2) is 34.7. The van der Waals surface area contributed by atoms with Crippen LogP contribution in [0.4, 0.5) is 32.3 Å². The van der Waals surface area contributed by atoms with E-state index in [4.69, 9.17) is 64.6 Å². The fourth-order valence-corrected chi connectivity index (χ4v) is 18.1. The van der Waals surface area contributed by atoms with E-state index in [2.05, 4.69) is 81.1 Å². The van der Waals surface area contributed by atoms with Crippen molar-refractivity contribution in [3.63, 3.8) is 0 Å². The SMILES string of the molecule is CC(C)C(=O)Nc1nc2c(ncn2[C@@H]2O[C@H](COP(=O)(OCCC#N)O[C@H]3[C@H]4OCC3(CO)O[C@H]4n3cnc4c(NC(=O)c5ccccc5)ncnc43)[C@@H](F)[C@H]2O[PH](=O)O[C@@H]2[C@H](F)[C@@H](COP(=O)(OCCC#N)O[C@H]3[C@H]4OCC3(CO)O[C@H]4n3cnc4c(NC(=O)c5ccccc5)ncnc43)O[C@H]2n2cnc3c(=O)[nH]c(NC(=O)C(C)C)nc32)c(=O)[nH]1. The number of aromatic amines is 2. The van der Waals surface area contributed by atoms with Gasteiger partial charge in [-0.2, -0.15) is 20.5 Å². The van der Waals surface area contributed by atoms with Crippen molar-refractivity contribution in [1.82, 2.24) is 78.1 Å². The summed E-state index contributed by atoms with van der Waals surface area (Å²) in [4.78, 5) is 128. The van der Waals surface area contributed by atoms with Gasteiger partial charge in [-0.3, -0.25) is 108 Å². The van der Waals surface area contributed by atoms with Crippen molar-refractivity contribution in [3.05, 3.63) is 130 Å². The number of alkyl halides is 2. The van der Waals surface area contributed by atoms with Crippen molar-refractivity contribution in [1.29, 1.82) is 10.5 Å². The number of fused-ring (bicyclic) bond motifs is 8. The topological polar surface area (TPSA) is 599 Å². The second-order valence-electron chi connectivity index (χ2n) is 29.0. The number of nitriles is 2. The molecule has 6 fully saturated rings. The normalized spacial score (nSPS) is 27.2. The molecule has 6 saturated heterocycles. The highest BCUT2D eigenvalue weighted by molar-refractivity contribution is 7.48. The fraction of sp³-hybridized carbons (Fsp3) is 0.457. The monoisotopic (exact) mass is 1750 g/mol. The number of nitrogens with one attached hydrogen (secondary N) is 6. The van der Waals surface area contributed by atoms with Crippen LogP contribution in [-0.2, 0) is 87.9 Å². The lowest BCUT2D eigenvalue weighted by atomic mass is 10.0. The third-order valence-electron chi connectivity index (χ3n) is 20.4. The summed E-state index contributed by atoms with van der Waals surface area (Å²) in [6.45, 7) is -0.0183. The molecular formula is C70H73F2N22O25P3. The molecule has 0 saturated carbocycles. The van der Waals surface area contributed by atoms with E-state index in [0.29, 0.717) is 11.1 Å². The minimum atomic E-state index is -5.25. The zero-order valence-electron chi connectivity index (χ0n) is 64.1. The molecule has 8 aromatic heterocycles. The van der Waals surface area contributed by atoms with Gasteiger partial charge in [0, 0.05) is 23.0 Å². The fourth-order valence-electron chi connectivity index (χ4n) is 14.3. The molecular weight excluding hydrogens is 1680 g/mol. The number of nitrogens with zero attached hydrogens (tertiary/aromatic N) is 16. The van der Waals surface area contributed by atoms with Gasteiger partial charge in [0.25, 0.3) is 22.9 Å². The summed E-state index contributed by atoms with van der Waals surface area (Å²) in [5, 5.41) is 51.8. The lowest BCUT2D eigenvalue weighted by Crippen LogP contribution is -2.45. The van der Waals surface area contributed by atoms with Gasteiger partial charge in [0.2, 0.25) is 23.7 Å². The molecule has 52 heteroatoms. The maximum Gasteiger partial charge on any atom is 0.475 e. The number of imidazole rings is 4. The number of hydrogen-bond donors (Lipinski definition) is 8. The molecule has 0 radical (unpaired) electrons. The Morgan fingerprint density at radius 1 is 0.566 bits per heavy atom. The molecule has 0 aliphatic carbocycles. The number of benzene rings is 2. The van der Waals surface area contributed by atoms with E-state index in [0.717, 1.165) is 34.4 Å². The first-order chi connectivity index (χ1) is 58.7. The molecule has 2 aromatic carbocycles. The molecule has 14 heterocycles. The van der Waals surface area contributed by atoms with Crippen LogP contribution in [0.15, 0.2) is 108 Å². The Morgan fingerprint density at radius 3 is 1.33 bits per heavy atom. The average Bonchev–Trinajstić information content (AvgIpc) is 1.56. The first-order valence-corrected chi connectivity index (χ1v) is 41.7. The molecule has 18 atom stereocenters. The van der Waals surface area contributed by atoms with Gasteiger partial charge in [-0.1, -0.05) is 64.1 Å². The standard InChI is InChI=1S/C70H73F2N22O25P3/c1-33(2)57(97)87-67-85-55-43(61(101)89-67)81-31-93(55)63-45(39(71)37(112-63)21-110-121(104,108-19-11-17-73)118-49-47-65(114-69(49,23-95)25-106-47)91-29-79-41-51(75-27-77-53(41)91)83-59(99)35-13-7-5-8-14-35)116-120(103)117-46-40(72)38(113-64(46)94-32-82-44-56(94)86-68(90-62(44)102)88-58(98)34(3)4)22-111-122(105,109-20-12-18-74)119-50-48-66(115-70(50,24-96)26-107-48)92-30-80-42-52(76-28-78-54(42)92)84-60(100)36-15-9-6-10-16-36/h5-10,13-16,27-34,37-40,45-50,63-66,95-96,120H,11-12,19-26H2,1-4H3,(H,75,77,83,99)(H,76,78,84,100)(H2,85,87,89,97,101)(H2,86,88,90,98,102)/t37-,38-,39-,40-,45-,46-,47-,48-,49+,50+,63-,64-,65-,66-,69?,70?,121?,122?/m1/s1. The van der Waals surface area contributed by atoms with E-state index >= 15 is 22.5 Å². The second-order valence-corrected chi connectivity index (χ2v) is 33.2. The minimum Gasteiger partial charge on any atom is -0.393 e. The molecule has 6 aliphatic rings. The first kappa shape index (κ1) is 84.6. The van der Waals surface area contributed by atoms with Crippen molar-refractivity contribution < 1.29 is 116 Å². The number of phosphoric ester groups is 2. The molecule has 8 N–H and O–H groups in total. The van der Waals surface area contributed by atoms with Crippen molar-refractivity contribution >= 4 is 116 Å². The van der Waals surface area contributed by atoms with Gasteiger partial charge in [-0.05, 0) is 24.3 Å². The Kier molecular flexibility index (Phi) is 24.1. The summed E-state index contributed by atoms with van der Waals surface area (Å²) in [5.41, 5.74) is -6.43. The minimum absolute atomic E-state index is 0.00198. The molecule has 0 spiro atoms. The van der Waals surface area contributed by atoms with Crippen molar-refractivity contribution in [3.8, 4) is 12.1 Å². The Morgan fingerprint density at radius 2 is 0.951 bits per heavy atom. The van der Waals surface area contributed by atoms with Crippen LogP contribution in [0.1, 0.15) is 86.2 Å². The third kappa shape index (κ3) is 16.3. The van der Waals surface area contributed by atoms with Crippen LogP contribution in [0.25, 0.3) is 44.7 Å². The number of halogens is 2. The number of aromatic nitrogens is 16. The number of phosphoric acid groups is 2. The van der Waals surface area contributed by atoms with Crippen molar-refractivity contribution in [2.24, 2.45) is 11.8 Å². The maximum absolute atomic E-state index is 18.2. The molecule has 47 nitrogen and oxygen atoms in total. The largest absolute Gasteiger partial charge is 0.475 e. The number of carbonyl (C=O) groups excluding carboxylic acids is 4. The zero-order valence-corrected chi connectivity index (χ0v) is 66.9. The Hall–Kier alpha value is -11.0. The highest BCUT2D eigenvalue weighted by Gasteiger charge is 2.67. The average molecular weight is 1750 g/mol. The lowest BCUT2D eigenvalue weighted by Gasteiger charge is -2.30. The van der Waals surface area contributed by atoms with E-state index in [1.807, 2.05) is 12.1 Å². The highest BCUT2D eigenvalue weighted by Crippen LogP contribution is 2.61. The Bertz CT molecular complexity index is 5640. The molecule has 10 aromatic rings. The number of anilines is 4. The van der Waals surface area contributed by atoms with Crippen LogP contribution < -0.4 is 32.4 Å². The van der Waals surface area contributed by atoms with Crippen LogP contribution in [0, 0.1) is 34.5 Å². The Balaban J connectivity index is 0.685. The van der Waals surface area contributed by atoms with E-state index in [-0.39, 0.29) is 34.0 Å². The smallest absolute Gasteiger partial charge is 0.393 e. The van der Waals surface area contributed by atoms with E-state index < -0.39 is 268 Å². The number of aliphatic hydroxyl groups is 2. The predicted molar refractivity (Wildman–Crippen MR) is 408 cm³/mol. The van der Waals surface area contributed by atoms with Gasteiger partial charge in [0.05, 0.1) is 103 Å². The maximum atomic E-state index is 18.2. The number of aliphatic hydroxyl groups excluding tert-OH is 2. The van der Waals surface area contributed by atoms with Gasteiger partial charge < -0.3 is 49.3 Å². The van der Waals surface area contributed by atoms with Crippen molar-refractivity contribution in [2.45, 2.75) is 138 Å². The van der Waals surface area contributed by atoms with Crippen LogP contribution in [0.2, 0.25) is 0 Å². The van der Waals surface area contributed by atoms with Gasteiger partial charge >= 0.3 is 23.9 Å². The number of carbonyl (C=O) groups is 4. The van der Waals surface area contributed by atoms with E-state index in [9.17, 15) is 49.5 Å². The number of H-pyrrole nitrogens is 2. The van der Waals surface area contributed by atoms with Crippen LogP contribution in [0.5, 0.6) is 0 Å². The van der Waals surface area contributed by atoms with Gasteiger partial charge in [-0.15, -0.1) is 0 Å². The summed E-state index contributed by atoms with van der Waals surface area (Å²) >= 11 is 0. The van der Waals surface area contributed by atoms with Gasteiger partial charge in [-0.25, -0.2) is 57.8 Å². The molecule has 4 bridgehead atoms. The van der Waals surface area contributed by atoms with Crippen LogP contribution in [-0.4, -0.2) is 237 Å². The van der Waals surface area contributed by atoms with Crippen LogP contribution >= 0.6 is 23.9 Å². The number of ether oxygens (including phenoxy) is 6. The van der Waals surface area contributed by atoms with Gasteiger partial charge in [0.15, 0.2) is 93.5 Å². The van der Waals surface area contributed by atoms with E-state index in [1.165, 1.54) is 21.8 Å². The van der Waals surface area contributed by atoms with Crippen LogP contribution in [0.3, 0.4) is 0 Å². The highest BCUT2D eigenvalue weighted by atomic mass is 31.2. The zero-order chi connectivity index (χ0) is 85.7. The summed E-state index contributed by atoms with van der Waals surface area (Å²) in [7, 11) is -15.1. The first-order valence-electron chi connectivity index (χ1n) is 37.5. The molecule has 4 unspecified atom stereocenters. The molecule has 6 aliphatic heterocycles. The van der Waals surface area contributed by atoms with Gasteiger partial charge in [0.1, 0.15) is 72.7 Å². The summed E-state index contributed by atoms with van der Waals surface area (Å²) in [5.74, 6) is -4.49. The Labute approximate surface area is 684 Å².